The minimum atomic E-state index is -0.542. The van der Waals surface area contributed by atoms with E-state index in [4.69, 9.17) is 10.00 Å². The van der Waals surface area contributed by atoms with Crippen molar-refractivity contribution in [1.29, 1.82) is 5.26 Å². The largest absolute Gasteiger partial charge is 0.382 e. The first-order chi connectivity index (χ1) is 9.41. The van der Waals surface area contributed by atoms with Crippen molar-refractivity contribution in [3.8, 4) is 6.07 Å². The van der Waals surface area contributed by atoms with Gasteiger partial charge in [0.2, 0.25) is 0 Å². The molecule has 6 nitrogen and oxygen atoms in total. The molecule has 106 valence electrons. The van der Waals surface area contributed by atoms with Crippen LogP contribution in [0.15, 0.2) is 18.2 Å². The molecule has 6 heteroatoms. The third-order valence-corrected chi connectivity index (χ3v) is 3.38. The van der Waals surface area contributed by atoms with E-state index < -0.39 is 4.92 Å². The van der Waals surface area contributed by atoms with Crippen LogP contribution in [0.5, 0.6) is 0 Å². The summed E-state index contributed by atoms with van der Waals surface area (Å²) in [7, 11) is 0. The second-order valence-corrected chi connectivity index (χ2v) is 5.54. The lowest BCUT2D eigenvalue weighted by Gasteiger charge is -2.36. The number of nitriles is 1. The van der Waals surface area contributed by atoms with Gasteiger partial charge in [-0.1, -0.05) is 0 Å². The first-order valence-corrected chi connectivity index (χ1v) is 6.50. The number of benzene rings is 1. The fourth-order valence-corrected chi connectivity index (χ4v) is 2.47. The van der Waals surface area contributed by atoms with Crippen LogP contribution in [0.2, 0.25) is 0 Å². The zero-order valence-corrected chi connectivity index (χ0v) is 11.5. The van der Waals surface area contributed by atoms with Crippen LogP contribution in [0.4, 0.5) is 11.4 Å². The second kappa shape index (κ2) is 5.47. The summed E-state index contributed by atoms with van der Waals surface area (Å²) in [5.74, 6) is 0. The van der Waals surface area contributed by atoms with Crippen molar-refractivity contribution in [1.82, 2.24) is 0 Å². The van der Waals surface area contributed by atoms with Gasteiger partial charge in [0.15, 0.2) is 0 Å². The van der Waals surface area contributed by atoms with Gasteiger partial charge in [0, 0.05) is 24.4 Å². The molecule has 1 saturated heterocycles. The highest BCUT2D eigenvalue weighted by Crippen LogP contribution is 2.28. The number of nitrogens with one attached hydrogen (secondary N) is 1. The van der Waals surface area contributed by atoms with Crippen molar-refractivity contribution in [2.75, 3.05) is 11.9 Å². The molecule has 20 heavy (non-hydrogen) atoms. The molecule has 1 aromatic carbocycles. The molecule has 1 atom stereocenters. The minimum absolute atomic E-state index is 0.0753. The van der Waals surface area contributed by atoms with Crippen LogP contribution in [-0.2, 0) is 4.74 Å². The number of nitro benzene ring substituents is 1. The Morgan fingerprint density at radius 2 is 2.30 bits per heavy atom. The normalized spacial score (nSPS) is 20.9. The van der Waals surface area contributed by atoms with Gasteiger partial charge in [0.25, 0.3) is 5.69 Å². The summed E-state index contributed by atoms with van der Waals surface area (Å²) in [5, 5.41) is 23.1. The molecule has 0 aromatic heterocycles. The van der Waals surface area contributed by atoms with E-state index in [1.54, 1.807) is 6.07 Å². The first kappa shape index (κ1) is 14.3. The predicted octanol–water partition coefficient (Wildman–Crippen LogP) is 2.84. The Balaban J connectivity index is 2.14. The maximum Gasteiger partial charge on any atom is 0.287 e. The summed E-state index contributed by atoms with van der Waals surface area (Å²) >= 11 is 0. The van der Waals surface area contributed by atoms with Gasteiger partial charge in [-0.2, -0.15) is 5.26 Å². The highest BCUT2D eigenvalue weighted by atomic mass is 16.6. The Labute approximate surface area is 117 Å². The highest BCUT2D eigenvalue weighted by Gasteiger charge is 2.28. The van der Waals surface area contributed by atoms with Gasteiger partial charge in [-0.3, -0.25) is 10.1 Å². The SMILES string of the molecule is CC1(C)CC(Nc2ccc([N+](=O)[O-])c(C#N)c2)CCO1. The number of nitro groups is 1. The molecule has 0 amide bonds. The molecule has 1 aliphatic rings. The van der Waals surface area contributed by atoms with E-state index in [0.717, 1.165) is 18.5 Å². The molecule has 1 aromatic rings. The van der Waals surface area contributed by atoms with E-state index in [-0.39, 0.29) is 22.9 Å². The van der Waals surface area contributed by atoms with Crippen LogP contribution in [-0.4, -0.2) is 23.2 Å². The van der Waals surface area contributed by atoms with Crippen molar-refractivity contribution >= 4 is 11.4 Å². The van der Waals surface area contributed by atoms with Crippen LogP contribution >= 0.6 is 0 Å². The first-order valence-electron chi connectivity index (χ1n) is 6.50. The van der Waals surface area contributed by atoms with Crippen LogP contribution < -0.4 is 5.32 Å². The van der Waals surface area contributed by atoms with Gasteiger partial charge in [0.05, 0.1) is 10.5 Å². The van der Waals surface area contributed by atoms with Crippen molar-refractivity contribution in [3.63, 3.8) is 0 Å². The van der Waals surface area contributed by atoms with Crippen molar-refractivity contribution in [2.24, 2.45) is 0 Å². The van der Waals surface area contributed by atoms with Gasteiger partial charge in [-0.25, -0.2) is 0 Å². The van der Waals surface area contributed by atoms with Gasteiger partial charge in [-0.05, 0) is 38.8 Å². The molecule has 0 bridgehead atoms. The summed E-state index contributed by atoms with van der Waals surface area (Å²) in [5.41, 5.74) is 0.473. The molecular formula is C14H17N3O3. The summed E-state index contributed by atoms with van der Waals surface area (Å²) < 4.78 is 5.65. The molecule has 1 aliphatic heterocycles. The van der Waals surface area contributed by atoms with Crippen molar-refractivity contribution in [3.05, 3.63) is 33.9 Å². The summed E-state index contributed by atoms with van der Waals surface area (Å²) in [6.07, 6.45) is 1.73. The van der Waals surface area contributed by atoms with Crippen LogP contribution in [0.3, 0.4) is 0 Å². The number of ether oxygens (including phenoxy) is 1. The number of hydrogen-bond acceptors (Lipinski definition) is 5. The third-order valence-electron chi connectivity index (χ3n) is 3.38. The van der Waals surface area contributed by atoms with E-state index in [1.165, 1.54) is 12.1 Å². The molecule has 0 spiro atoms. The number of anilines is 1. The fourth-order valence-electron chi connectivity index (χ4n) is 2.47. The van der Waals surface area contributed by atoms with E-state index in [9.17, 15) is 10.1 Å². The summed E-state index contributed by atoms with van der Waals surface area (Å²) in [6.45, 7) is 4.76. The molecule has 0 saturated carbocycles. The number of rotatable bonds is 3. The van der Waals surface area contributed by atoms with Crippen LogP contribution in [0.25, 0.3) is 0 Å². The minimum Gasteiger partial charge on any atom is -0.382 e. The molecule has 2 rings (SSSR count). The molecule has 1 N–H and O–H groups in total. The molecule has 1 unspecified atom stereocenters. The van der Waals surface area contributed by atoms with E-state index in [1.807, 2.05) is 19.9 Å². The summed E-state index contributed by atoms with van der Waals surface area (Å²) in [4.78, 5) is 10.2. The zero-order valence-electron chi connectivity index (χ0n) is 11.5. The van der Waals surface area contributed by atoms with Gasteiger partial charge >= 0.3 is 0 Å². The average molecular weight is 275 g/mol. The predicted molar refractivity (Wildman–Crippen MR) is 74.5 cm³/mol. The van der Waals surface area contributed by atoms with E-state index >= 15 is 0 Å². The fraction of sp³-hybridized carbons (Fsp3) is 0.500. The van der Waals surface area contributed by atoms with Crippen LogP contribution in [0.1, 0.15) is 32.3 Å². The smallest absolute Gasteiger partial charge is 0.287 e. The number of nitrogens with zero attached hydrogens (tertiary/aromatic N) is 2. The Kier molecular flexibility index (Phi) is 3.91. The monoisotopic (exact) mass is 275 g/mol. The Hall–Kier alpha value is -2.13. The van der Waals surface area contributed by atoms with Gasteiger partial charge in [0.1, 0.15) is 11.6 Å². The van der Waals surface area contributed by atoms with Gasteiger partial charge < -0.3 is 10.1 Å². The molecule has 1 fully saturated rings. The van der Waals surface area contributed by atoms with E-state index in [0.29, 0.717) is 6.61 Å². The van der Waals surface area contributed by atoms with E-state index in [2.05, 4.69) is 5.32 Å². The lowest BCUT2D eigenvalue weighted by Crippen LogP contribution is -2.40. The summed E-state index contributed by atoms with van der Waals surface area (Å²) in [6, 6.07) is 6.64. The number of hydrogen-bond donors (Lipinski definition) is 1. The lowest BCUT2D eigenvalue weighted by molar-refractivity contribution is -0.385. The van der Waals surface area contributed by atoms with Crippen LogP contribution in [0, 0.1) is 21.4 Å². The van der Waals surface area contributed by atoms with Gasteiger partial charge in [-0.15, -0.1) is 0 Å². The topological polar surface area (TPSA) is 88.2 Å². The average Bonchev–Trinajstić information content (AvgIpc) is 2.37. The second-order valence-electron chi connectivity index (χ2n) is 5.54. The zero-order chi connectivity index (χ0) is 14.8. The lowest BCUT2D eigenvalue weighted by atomic mass is 9.93. The Morgan fingerprint density at radius 1 is 1.55 bits per heavy atom. The Morgan fingerprint density at radius 3 is 2.90 bits per heavy atom. The molecule has 1 heterocycles. The highest BCUT2D eigenvalue weighted by molar-refractivity contribution is 5.59. The quantitative estimate of drug-likeness (QED) is 0.676. The maximum absolute atomic E-state index is 10.8. The molecule has 0 radical (unpaired) electrons. The van der Waals surface area contributed by atoms with Crippen molar-refractivity contribution < 1.29 is 9.66 Å². The molecular weight excluding hydrogens is 258 g/mol. The molecule has 0 aliphatic carbocycles. The standard InChI is InChI=1S/C14H17N3O3/c1-14(2)8-12(5-6-20-14)16-11-3-4-13(17(18)19)10(7-11)9-15/h3-4,7,12,16H,5-6,8H2,1-2H3. The third kappa shape index (κ3) is 3.25. The maximum atomic E-state index is 10.8. The van der Waals surface area contributed by atoms with Crippen molar-refractivity contribution in [2.45, 2.75) is 38.3 Å². The Bertz CT molecular complexity index is 563.